The lowest BCUT2D eigenvalue weighted by molar-refractivity contribution is 0.0699. The third kappa shape index (κ3) is 2.93. The molecule has 0 saturated heterocycles. The molecule has 4 nitrogen and oxygen atoms in total. The number of benzene rings is 1. The Bertz CT molecular complexity index is 644. The van der Waals surface area contributed by atoms with E-state index in [1.807, 2.05) is 24.3 Å². The Labute approximate surface area is 127 Å². The van der Waals surface area contributed by atoms with E-state index in [-0.39, 0.29) is 0 Å². The summed E-state index contributed by atoms with van der Waals surface area (Å²) in [7, 11) is 1.64. The van der Waals surface area contributed by atoms with E-state index in [9.17, 15) is 9.90 Å². The number of hydrogen-bond donors (Lipinski definition) is 1. The molecule has 1 saturated carbocycles. The molecule has 1 aromatic carbocycles. The molecule has 1 aromatic heterocycles. The monoisotopic (exact) mass is 303 g/mol. The predicted molar refractivity (Wildman–Crippen MR) is 81.5 cm³/mol. The van der Waals surface area contributed by atoms with E-state index in [0.717, 1.165) is 34.9 Å². The van der Waals surface area contributed by atoms with Gasteiger partial charge in [-0.25, -0.2) is 9.78 Å². The molecular formula is C16H17NO3S. The van der Waals surface area contributed by atoms with Crippen LogP contribution in [0.4, 0.5) is 0 Å². The predicted octanol–water partition coefficient (Wildman–Crippen LogP) is 3.71. The van der Waals surface area contributed by atoms with Crippen LogP contribution in [0.2, 0.25) is 0 Å². The van der Waals surface area contributed by atoms with Crippen molar-refractivity contribution in [2.45, 2.75) is 31.6 Å². The van der Waals surface area contributed by atoms with Crippen molar-refractivity contribution in [2.24, 2.45) is 0 Å². The first-order valence-electron chi connectivity index (χ1n) is 7.03. The molecule has 1 aliphatic rings. The molecule has 0 aliphatic heterocycles. The smallest absolute Gasteiger partial charge is 0.347 e. The van der Waals surface area contributed by atoms with Crippen LogP contribution < -0.4 is 4.74 Å². The fourth-order valence-corrected chi connectivity index (χ4v) is 3.51. The van der Waals surface area contributed by atoms with Crippen LogP contribution in [0.5, 0.6) is 5.75 Å². The molecule has 1 aliphatic carbocycles. The number of carboxylic acid groups (broad SMARTS) is 1. The van der Waals surface area contributed by atoms with Crippen LogP contribution in [0.3, 0.4) is 0 Å². The SMILES string of the molecule is COc1ccc(Cc2nc(C3CCC3)c(C(=O)O)s2)cc1. The number of hydrogen-bond acceptors (Lipinski definition) is 4. The second-order valence-corrected chi connectivity index (χ2v) is 6.36. The van der Waals surface area contributed by atoms with Gasteiger partial charge in [0.25, 0.3) is 0 Å². The van der Waals surface area contributed by atoms with Crippen LogP contribution in [0.1, 0.15) is 51.1 Å². The molecule has 1 heterocycles. The van der Waals surface area contributed by atoms with Crippen LogP contribution in [0.15, 0.2) is 24.3 Å². The number of aromatic nitrogens is 1. The minimum absolute atomic E-state index is 0.344. The van der Waals surface area contributed by atoms with Gasteiger partial charge >= 0.3 is 5.97 Å². The molecule has 21 heavy (non-hydrogen) atoms. The fourth-order valence-electron chi connectivity index (χ4n) is 2.48. The lowest BCUT2D eigenvalue weighted by atomic mass is 9.82. The lowest BCUT2D eigenvalue weighted by Crippen LogP contribution is -2.12. The molecule has 0 bridgehead atoms. The lowest BCUT2D eigenvalue weighted by Gasteiger charge is -2.23. The number of aromatic carboxylic acids is 1. The van der Waals surface area contributed by atoms with Gasteiger partial charge in [-0.1, -0.05) is 18.6 Å². The molecule has 0 atom stereocenters. The van der Waals surface area contributed by atoms with Gasteiger partial charge < -0.3 is 9.84 Å². The Hall–Kier alpha value is -1.88. The summed E-state index contributed by atoms with van der Waals surface area (Å²) in [4.78, 5) is 16.4. The zero-order chi connectivity index (χ0) is 14.8. The van der Waals surface area contributed by atoms with Crippen molar-refractivity contribution >= 4 is 17.3 Å². The molecule has 2 aromatic rings. The first-order chi connectivity index (χ1) is 10.2. The molecule has 1 N–H and O–H groups in total. The summed E-state index contributed by atoms with van der Waals surface area (Å²) in [5, 5.41) is 10.2. The normalized spacial score (nSPS) is 14.7. The summed E-state index contributed by atoms with van der Waals surface area (Å²) < 4.78 is 5.14. The highest BCUT2D eigenvalue weighted by Crippen LogP contribution is 2.39. The van der Waals surface area contributed by atoms with Gasteiger partial charge in [0.15, 0.2) is 0 Å². The number of carbonyl (C=O) groups is 1. The summed E-state index contributed by atoms with van der Waals surface area (Å²) in [6.07, 6.45) is 3.97. The van der Waals surface area contributed by atoms with Crippen LogP contribution in [-0.4, -0.2) is 23.2 Å². The summed E-state index contributed by atoms with van der Waals surface area (Å²) in [6.45, 7) is 0. The Kier molecular flexibility index (Phi) is 3.92. The molecule has 5 heteroatoms. The van der Waals surface area contributed by atoms with Gasteiger partial charge in [0.2, 0.25) is 0 Å². The Balaban J connectivity index is 1.82. The van der Waals surface area contributed by atoms with E-state index in [1.165, 1.54) is 17.8 Å². The molecule has 0 radical (unpaired) electrons. The van der Waals surface area contributed by atoms with E-state index in [1.54, 1.807) is 7.11 Å². The van der Waals surface area contributed by atoms with Crippen molar-refractivity contribution in [1.29, 1.82) is 0 Å². The zero-order valence-electron chi connectivity index (χ0n) is 11.8. The second kappa shape index (κ2) is 5.85. The van der Waals surface area contributed by atoms with Crippen molar-refractivity contribution in [1.82, 2.24) is 4.98 Å². The van der Waals surface area contributed by atoms with Gasteiger partial charge in [0, 0.05) is 12.3 Å². The molecule has 0 amide bonds. The maximum absolute atomic E-state index is 11.4. The number of nitrogens with zero attached hydrogens (tertiary/aromatic N) is 1. The largest absolute Gasteiger partial charge is 0.497 e. The topological polar surface area (TPSA) is 59.4 Å². The summed E-state index contributed by atoms with van der Waals surface area (Å²) in [5.41, 5.74) is 1.91. The third-order valence-corrected chi connectivity index (χ3v) is 4.96. The maximum Gasteiger partial charge on any atom is 0.347 e. The van der Waals surface area contributed by atoms with Gasteiger partial charge in [-0.05, 0) is 30.5 Å². The quantitative estimate of drug-likeness (QED) is 0.914. The molecule has 0 unspecified atom stereocenters. The van der Waals surface area contributed by atoms with Crippen molar-refractivity contribution in [2.75, 3.05) is 7.11 Å². The van der Waals surface area contributed by atoms with Crippen molar-refractivity contribution in [3.8, 4) is 5.75 Å². The maximum atomic E-state index is 11.4. The molecule has 0 spiro atoms. The second-order valence-electron chi connectivity index (χ2n) is 5.28. The Morgan fingerprint density at radius 2 is 2.10 bits per heavy atom. The average Bonchev–Trinajstić information content (AvgIpc) is 2.81. The van der Waals surface area contributed by atoms with E-state index < -0.39 is 5.97 Å². The minimum Gasteiger partial charge on any atom is -0.497 e. The van der Waals surface area contributed by atoms with Crippen LogP contribution in [0, 0.1) is 0 Å². The summed E-state index contributed by atoms with van der Waals surface area (Å²) >= 11 is 1.31. The van der Waals surface area contributed by atoms with Gasteiger partial charge in [0.05, 0.1) is 17.8 Å². The summed E-state index contributed by atoms with van der Waals surface area (Å²) in [6, 6.07) is 7.80. The number of ether oxygens (including phenoxy) is 1. The number of thiazole rings is 1. The van der Waals surface area contributed by atoms with E-state index in [2.05, 4.69) is 4.98 Å². The van der Waals surface area contributed by atoms with E-state index in [4.69, 9.17) is 4.74 Å². The van der Waals surface area contributed by atoms with Crippen molar-refractivity contribution in [3.05, 3.63) is 45.4 Å². The average molecular weight is 303 g/mol. The van der Waals surface area contributed by atoms with Crippen molar-refractivity contribution < 1.29 is 14.6 Å². The molecule has 3 rings (SSSR count). The van der Waals surface area contributed by atoms with Gasteiger partial charge in [-0.3, -0.25) is 0 Å². The number of rotatable bonds is 5. The number of methoxy groups -OCH3 is 1. The first kappa shape index (κ1) is 14.1. The first-order valence-corrected chi connectivity index (χ1v) is 7.85. The van der Waals surface area contributed by atoms with E-state index in [0.29, 0.717) is 17.2 Å². The molecule has 110 valence electrons. The Morgan fingerprint density at radius 1 is 1.38 bits per heavy atom. The highest BCUT2D eigenvalue weighted by Gasteiger charge is 2.28. The summed E-state index contributed by atoms with van der Waals surface area (Å²) in [5.74, 6) is 0.312. The van der Waals surface area contributed by atoms with Gasteiger partial charge in [-0.15, -0.1) is 11.3 Å². The highest BCUT2D eigenvalue weighted by molar-refractivity contribution is 7.13. The third-order valence-electron chi connectivity index (χ3n) is 3.90. The molecule has 1 fully saturated rings. The molecular weight excluding hydrogens is 286 g/mol. The van der Waals surface area contributed by atoms with Crippen LogP contribution >= 0.6 is 11.3 Å². The van der Waals surface area contributed by atoms with Crippen LogP contribution in [-0.2, 0) is 6.42 Å². The van der Waals surface area contributed by atoms with Gasteiger partial charge in [0.1, 0.15) is 10.6 Å². The number of carboxylic acids is 1. The Morgan fingerprint density at radius 3 is 2.62 bits per heavy atom. The highest BCUT2D eigenvalue weighted by atomic mass is 32.1. The van der Waals surface area contributed by atoms with Crippen molar-refractivity contribution in [3.63, 3.8) is 0 Å². The zero-order valence-corrected chi connectivity index (χ0v) is 12.7. The standard InChI is InChI=1S/C16H17NO3S/c1-20-12-7-5-10(6-8-12)9-13-17-14(11-3-2-4-11)15(21-13)16(18)19/h5-8,11H,2-4,9H2,1H3,(H,18,19). The fraction of sp³-hybridized carbons (Fsp3) is 0.375. The minimum atomic E-state index is -0.851. The van der Waals surface area contributed by atoms with Gasteiger partial charge in [-0.2, -0.15) is 0 Å². The van der Waals surface area contributed by atoms with E-state index >= 15 is 0 Å². The van der Waals surface area contributed by atoms with Crippen LogP contribution in [0.25, 0.3) is 0 Å².